The van der Waals surface area contributed by atoms with Gasteiger partial charge in [-0.2, -0.15) is 0 Å². The Kier molecular flexibility index (Phi) is 2.42. The topological polar surface area (TPSA) is 46.4 Å². The number of carbonyl (C=O) groups excluding carboxylic acids is 1. The van der Waals surface area contributed by atoms with Gasteiger partial charge in [0.05, 0.1) is 17.4 Å². The van der Waals surface area contributed by atoms with E-state index >= 15 is 0 Å². The highest BCUT2D eigenvalue weighted by Gasteiger charge is 2.23. The number of hydrogen-bond donors (Lipinski definition) is 1. The maximum atomic E-state index is 10.6. The van der Waals surface area contributed by atoms with Crippen LogP contribution in [-0.4, -0.2) is 15.8 Å². The summed E-state index contributed by atoms with van der Waals surface area (Å²) >= 11 is 0. The summed E-state index contributed by atoms with van der Waals surface area (Å²) in [5, 5.41) is 2.79. The van der Waals surface area contributed by atoms with Crippen LogP contribution in [0.25, 0.3) is 5.65 Å². The van der Waals surface area contributed by atoms with Crippen molar-refractivity contribution < 1.29 is 4.79 Å². The van der Waals surface area contributed by atoms with Crippen molar-refractivity contribution in [2.75, 3.05) is 0 Å². The van der Waals surface area contributed by atoms with Crippen LogP contribution in [0.4, 0.5) is 0 Å². The molecule has 0 atom stereocenters. The van der Waals surface area contributed by atoms with Gasteiger partial charge in [0.25, 0.3) is 0 Å². The SMILES string of the molecule is Cc1cccn2c(C(C)(C)NC=O)cnc12. The predicted octanol–water partition coefficient (Wildman–Crippen LogP) is 1.62. The number of pyridine rings is 1. The van der Waals surface area contributed by atoms with Crippen molar-refractivity contribution >= 4 is 12.1 Å². The second-order valence-electron chi connectivity index (χ2n) is 4.42. The van der Waals surface area contributed by atoms with E-state index in [2.05, 4.69) is 10.3 Å². The number of rotatable bonds is 3. The Balaban J connectivity index is 2.62. The van der Waals surface area contributed by atoms with Gasteiger partial charge in [-0.15, -0.1) is 0 Å². The van der Waals surface area contributed by atoms with Crippen molar-refractivity contribution in [3.8, 4) is 0 Å². The highest BCUT2D eigenvalue weighted by atomic mass is 16.1. The zero-order valence-electron chi connectivity index (χ0n) is 9.69. The molecule has 1 N–H and O–H groups in total. The Morgan fingerprint density at radius 2 is 2.25 bits per heavy atom. The number of amides is 1. The first-order valence-corrected chi connectivity index (χ1v) is 5.21. The van der Waals surface area contributed by atoms with E-state index < -0.39 is 5.54 Å². The molecule has 2 aromatic heterocycles. The van der Waals surface area contributed by atoms with Crippen LogP contribution in [0.1, 0.15) is 25.1 Å². The van der Waals surface area contributed by atoms with Gasteiger partial charge in [0, 0.05) is 6.20 Å². The largest absolute Gasteiger partial charge is 0.348 e. The number of imidazole rings is 1. The summed E-state index contributed by atoms with van der Waals surface area (Å²) in [5.41, 5.74) is 2.60. The Hall–Kier alpha value is -1.84. The van der Waals surface area contributed by atoms with Gasteiger partial charge < -0.3 is 9.72 Å². The van der Waals surface area contributed by atoms with Crippen LogP contribution in [0.3, 0.4) is 0 Å². The van der Waals surface area contributed by atoms with E-state index in [1.165, 1.54) is 0 Å². The quantitative estimate of drug-likeness (QED) is 0.794. The van der Waals surface area contributed by atoms with Crippen molar-refractivity contribution in [3.05, 3.63) is 35.8 Å². The molecule has 2 heterocycles. The maximum absolute atomic E-state index is 10.6. The Morgan fingerprint density at radius 1 is 1.50 bits per heavy atom. The van der Waals surface area contributed by atoms with Gasteiger partial charge in [0.1, 0.15) is 5.65 Å². The molecule has 2 rings (SSSR count). The van der Waals surface area contributed by atoms with Crippen molar-refractivity contribution in [2.24, 2.45) is 0 Å². The predicted molar refractivity (Wildman–Crippen MR) is 62.2 cm³/mol. The molecule has 1 amide bonds. The smallest absolute Gasteiger partial charge is 0.207 e. The molecular weight excluding hydrogens is 202 g/mol. The molecule has 0 unspecified atom stereocenters. The summed E-state index contributed by atoms with van der Waals surface area (Å²) in [5.74, 6) is 0. The van der Waals surface area contributed by atoms with Crippen LogP contribution in [0.15, 0.2) is 24.5 Å². The molecule has 0 radical (unpaired) electrons. The number of hydrogen-bond acceptors (Lipinski definition) is 2. The number of carbonyl (C=O) groups is 1. The van der Waals surface area contributed by atoms with E-state index in [0.29, 0.717) is 0 Å². The summed E-state index contributed by atoms with van der Waals surface area (Å²) in [7, 11) is 0. The third-order valence-electron chi connectivity index (χ3n) is 2.79. The fraction of sp³-hybridized carbons (Fsp3) is 0.333. The monoisotopic (exact) mass is 217 g/mol. The van der Waals surface area contributed by atoms with Crippen LogP contribution in [-0.2, 0) is 10.3 Å². The lowest BCUT2D eigenvalue weighted by Crippen LogP contribution is -2.36. The molecule has 0 aromatic carbocycles. The number of aryl methyl sites for hydroxylation is 1. The summed E-state index contributed by atoms with van der Waals surface area (Å²) in [4.78, 5) is 15.0. The minimum Gasteiger partial charge on any atom is -0.348 e. The maximum Gasteiger partial charge on any atom is 0.207 e. The van der Waals surface area contributed by atoms with Gasteiger partial charge in [0.2, 0.25) is 6.41 Å². The molecule has 84 valence electrons. The zero-order valence-corrected chi connectivity index (χ0v) is 9.69. The Bertz CT molecular complexity index is 528. The third kappa shape index (κ3) is 1.56. The number of aromatic nitrogens is 2. The molecule has 0 saturated carbocycles. The van der Waals surface area contributed by atoms with E-state index in [0.717, 1.165) is 23.3 Å². The Labute approximate surface area is 94.3 Å². The van der Waals surface area contributed by atoms with Gasteiger partial charge in [-0.3, -0.25) is 4.79 Å². The van der Waals surface area contributed by atoms with Crippen LogP contribution in [0.5, 0.6) is 0 Å². The highest BCUT2D eigenvalue weighted by molar-refractivity contribution is 5.52. The minimum absolute atomic E-state index is 0.422. The molecule has 0 aliphatic heterocycles. The number of fused-ring (bicyclic) bond motifs is 1. The van der Waals surface area contributed by atoms with E-state index in [-0.39, 0.29) is 0 Å². The lowest BCUT2D eigenvalue weighted by Gasteiger charge is -2.23. The molecule has 0 saturated heterocycles. The molecule has 0 aliphatic carbocycles. The lowest BCUT2D eigenvalue weighted by molar-refractivity contribution is -0.111. The van der Waals surface area contributed by atoms with Crippen LogP contribution >= 0.6 is 0 Å². The van der Waals surface area contributed by atoms with Gasteiger partial charge in [-0.05, 0) is 32.4 Å². The molecule has 0 spiro atoms. The lowest BCUT2D eigenvalue weighted by atomic mass is 10.0. The summed E-state index contributed by atoms with van der Waals surface area (Å²) in [6.45, 7) is 5.92. The Morgan fingerprint density at radius 3 is 2.94 bits per heavy atom. The average molecular weight is 217 g/mol. The molecular formula is C12H15N3O. The van der Waals surface area contributed by atoms with Crippen molar-refractivity contribution in [2.45, 2.75) is 26.3 Å². The zero-order chi connectivity index (χ0) is 11.8. The van der Waals surface area contributed by atoms with E-state index in [4.69, 9.17) is 0 Å². The number of nitrogens with zero attached hydrogens (tertiary/aromatic N) is 2. The molecule has 0 bridgehead atoms. The van der Waals surface area contributed by atoms with Crippen LogP contribution in [0.2, 0.25) is 0 Å². The minimum atomic E-state index is -0.422. The van der Waals surface area contributed by atoms with E-state index in [1.807, 2.05) is 43.5 Å². The molecule has 2 aromatic rings. The van der Waals surface area contributed by atoms with E-state index in [1.54, 1.807) is 6.20 Å². The fourth-order valence-electron chi connectivity index (χ4n) is 1.84. The van der Waals surface area contributed by atoms with Crippen LogP contribution < -0.4 is 5.32 Å². The first-order chi connectivity index (χ1) is 7.56. The summed E-state index contributed by atoms with van der Waals surface area (Å²) in [6.07, 6.45) is 4.48. The van der Waals surface area contributed by atoms with Gasteiger partial charge in [-0.25, -0.2) is 4.98 Å². The van der Waals surface area contributed by atoms with Crippen molar-refractivity contribution in [3.63, 3.8) is 0 Å². The average Bonchev–Trinajstić information content (AvgIpc) is 2.63. The molecule has 4 nitrogen and oxygen atoms in total. The standard InChI is InChI=1S/C12H15N3O/c1-9-5-4-6-15-10(7-13-11(9)15)12(2,3)14-8-16/h4-8H,1-3H3,(H,14,16). The van der Waals surface area contributed by atoms with E-state index in [9.17, 15) is 4.79 Å². The second kappa shape index (κ2) is 3.63. The van der Waals surface area contributed by atoms with Crippen molar-refractivity contribution in [1.29, 1.82) is 0 Å². The van der Waals surface area contributed by atoms with Gasteiger partial charge >= 0.3 is 0 Å². The fourth-order valence-corrected chi connectivity index (χ4v) is 1.84. The van der Waals surface area contributed by atoms with Crippen LogP contribution in [0, 0.1) is 6.92 Å². The summed E-state index contributed by atoms with van der Waals surface area (Å²) in [6, 6.07) is 4.00. The normalized spacial score (nSPS) is 11.7. The first kappa shape index (κ1) is 10.7. The van der Waals surface area contributed by atoms with Gasteiger partial charge in [-0.1, -0.05) is 6.07 Å². The number of nitrogens with one attached hydrogen (secondary N) is 1. The molecule has 4 heteroatoms. The van der Waals surface area contributed by atoms with Crippen molar-refractivity contribution in [1.82, 2.24) is 14.7 Å². The third-order valence-corrected chi connectivity index (χ3v) is 2.79. The van der Waals surface area contributed by atoms with Gasteiger partial charge in [0.15, 0.2) is 0 Å². The molecule has 0 fully saturated rings. The highest BCUT2D eigenvalue weighted by Crippen LogP contribution is 2.21. The second-order valence-corrected chi connectivity index (χ2v) is 4.42. The molecule has 0 aliphatic rings. The molecule has 16 heavy (non-hydrogen) atoms. The first-order valence-electron chi connectivity index (χ1n) is 5.21. The summed E-state index contributed by atoms with van der Waals surface area (Å²) < 4.78 is 2.01.